The van der Waals surface area contributed by atoms with Crippen LogP contribution in [0.5, 0.6) is 0 Å². The van der Waals surface area contributed by atoms with Crippen molar-refractivity contribution in [1.82, 2.24) is 20.4 Å². The van der Waals surface area contributed by atoms with Crippen LogP contribution < -0.4 is 15.5 Å². The van der Waals surface area contributed by atoms with Crippen molar-refractivity contribution < 1.29 is 14.4 Å². The van der Waals surface area contributed by atoms with Crippen molar-refractivity contribution in [3.8, 4) is 0 Å². The third-order valence-corrected chi connectivity index (χ3v) is 8.30. The van der Waals surface area contributed by atoms with Gasteiger partial charge in [0, 0.05) is 69.0 Å². The summed E-state index contributed by atoms with van der Waals surface area (Å²) in [5.74, 6) is -0.0542. The Kier molecular flexibility index (Phi) is 5.91. The van der Waals surface area contributed by atoms with E-state index in [9.17, 15) is 14.4 Å². The average Bonchev–Trinajstić information content (AvgIpc) is 3.15. The maximum absolute atomic E-state index is 13.0. The molecule has 4 heterocycles. The molecular formula is C25H35N5O3. The first-order valence-corrected chi connectivity index (χ1v) is 12.3. The van der Waals surface area contributed by atoms with E-state index >= 15 is 0 Å². The third-order valence-electron chi connectivity index (χ3n) is 8.30. The Morgan fingerprint density at radius 1 is 0.970 bits per heavy atom. The van der Waals surface area contributed by atoms with E-state index in [1.165, 1.54) is 0 Å². The molecule has 1 atom stereocenters. The molecule has 5 rings (SSSR count). The summed E-state index contributed by atoms with van der Waals surface area (Å²) in [6, 6.07) is 5.53. The van der Waals surface area contributed by atoms with Gasteiger partial charge < -0.3 is 15.1 Å². The van der Waals surface area contributed by atoms with Gasteiger partial charge in [-0.15, -0.1) is 0 Å². The fraction of sp³-hybridized carbons (Fsp3) is 0.640. The third kappa shape index (κ3) is 4.15. The van der Waals surface area contributed by atoms with Crippen molar-refractivity contribution in [3.63, 3.8) is 0 Å². The summed E-state index contributed by atoms with van der Waals surface area (Å²) in [4.78, 5) is 43.4. The molecule has 4 aliphatic rings. The minimum atomic E-state index is -0.561. The standard InChI is InChI=1S/C25H35N5O3/c1-25(2,29-13-9-26-10-14-29)18-7-11-28(12-8-18)19-3-4-20-17(15-19)16-30(24(20)33)21-5-6-22(31)27-23(21)32/h3-4,15,18,21,26H,5-14,16H2,1-2H3,(H,27,31,32). The predicted molar refractivity (Wildman–Crippen MR) is 126 cm³/mol. The SMILES string of the molecule is CC(C)(C1CCN(c2ccc3c(c2)CN(C2CCC(=O)NC2=O)C3=O)CC1)N1CCNCC1. The van der Waals surface area contributed by atoms with E-state index < -0.39 is 6.04 Å². The molecule has 2 N–H and O–H groups in total. The van der Waals surface area contributed by atoms with Gasteiger partial charge in [0.1, 0.15) is 6.04 Å². The lowest BCUT2D eigenvalue weighted by atomic mass is 9.78. The summed E-state index contributed by atoms with van der Waals surface area (Å²) in [6.45, 7) is 11.7. The Bertz CT molecular complexity index is 947. The van der Waals surface area contributed by atoms with Crippen LogP contribution in [0.15, 0.2) is 18.2 Å². The van der Waals surface area contributed by atoms with Gasteiger partial charge in [-0.2, -0.15) is 0 Å². The van der Waals surface area contributed by atoms with E-state index in [0.29, 0.717) is 24.4 Å². The number of carbonyl (C=O) groups is 3. The zero-order valence-electron chi connectivity index (χ0n) is 19.7. The number of imide groups is 1. The van der Waals surface area contributed by atoms with Crippen LogP contribution in [-0.2, 0) is 16.1 Å². The van der Waals surface area contributed by atoms with Crippen LogP contribution in [0, 0.1) is 5.92 Å². The molecular weight excluding hydrogens is 418 g/mol. The zero-order chi connectivity index (χ0) is 23.2. The second-order valence-electron chi connectivity index (χ2n) is 10.4. The van der Waals surface area contributed by atoms with Crippen molar-refractivity contribution in [1.29, 1.82) is 0 Å². The fourth-order valence-corrected chi connectivity index (χ4v) is 6.10. The van der Waals surface area contributed by atoms with E-state index in [1.54, 1.807) is 4.90 Å². The minimum Gasteiger partial charge on any atom is -0.372 e. The highest BCUT2D eigenvalue weighted by molar-refractivity contribution is 6.05. The lowest BCUT2D eigenvalue weighted by molar-refractivity contribution is -0.136. The number of benzene rings is 1. The Morgan fingerprint density at radius 2 is 1.70 bits per heavy atom. The molecule has 8 heteroatoms. The molecule has 0 aliphatic carbocycles. The van der Waals surface area contributed by atoms with Gasteiger partial charge in [0.15, 0.2) is 0 Å². The first-order valence-electron chi connectivity index (χ1n) is 12.3. The molecule has 0 saturated carbocycles. The van der Waals surface area contributed by atoms with Crippen LogP contribution in [0.3, 0.4) is 0 Å². The lowest BCUT2D eigenvalue weighted by Crippen LogP contribution is -2.58. The number of hydrogen-bond acceptors (Lipinski definition) is 6. The summed E-state index contributed by atoms with van der Waals surface area (Å²) in [5, 5.41) is 5.83. The van der Waals surface area contributed by atoms with Crippen LogP contribution in [0.25, 0.3) is 0 Å². The van der Waals surface area contributed by atoms with E-state index in [-0.39, 0.29) is 29.7 Å². The zero-order valence-corrected chi connectivity index (χ0v) is 19.7. The van der Waals surface area contributed by atoms with Gasteiger partial charge in [0.25, 0.3) is 5.91 Å². The van der Waals surface area contributed by atoms with Crippen LogP contribution >= 0.6 is 0 Å². The van der Waals surface area contributed by atoms with Crippen molar-refractivity contribution in [2.45, 2.75) is 57.7 Å². The molecule has 0 radical (unpaired) electrons. The molecule has 8 nitrogen and oxygen atoms in total. The first kappa shape index (κ1) is 22.3. The molecule has 33 heavy (non-hydrogen) atoms. The normalized spacial score (nSPS) is 25.4. The van der Waals surface area contributed by atoms with Crippen molar-refractivity contribution in [2.75, 3.05) is 44.2 Å². The summed E-state index contributed by atoms with van der Waals surface area (Å²) in [6.07, 6.45) is 3.00. The Balaban J connectivity index is 1.24. The van der Waals surface area contributed by atoms with E-state index in [4.69, 9.17) is 0 Å². The quantitative estimate of drug-likeness (QED) is 0.670. The number of fused-ring (bicyclic) bond motifs is 1. The molecule has 0 aromatic heterocycles. The van der Waals surface area contributed by atoms with Crippen LogP contribution in [0.1, 0.15) is 55.5 Å². The Hall–Kier alpha value is -2.45. The van der Waals surface area contributed by atoms with Crippen molar-refractivity contribution >= 4 is 23.4 Å². The van der Waals surface area contributed by atoms with Gasteiger partial charge in [0.05, 0.1) is 0 Å². The molecule has 1 unspecified atom stereocenters. The first-order chi connectivity index (χ1) is 15.8. The molecule has 3 amide bonds. The molecule has 4 aliphatic heterocycles. The number of amides is 3. The van der Waals surface area contributed by atoms with Crippen LogP contribution in [0.2, 0.25) is 0 Å². The number of hydrogen-bond donors (Lipinski definition) is 2. The van der Waals surface area contributed by atoms with E-state index in [2.05, 4.69) is 40.3 Å². The number of nitrogens with one attached hydrogen (secondary N) is 2. The number of nitrogens with zero attached hydrogens (tertiary/aromatic N) is 3. The molecule has 3 saturated heterocycles. The summed E-state index contributed by atoms with van der Waals surface area (Å²) in [7, 11) is 0. The van der Waals surface area contributed by atoms with Crippen molar-refractivity contribution in [3.05, 3.63) is 29.3 Å². The molecule has 0 bridgehead atoms. The largest absolute Gasteiger partial charge is 0.372 e. The number of piperazine rings is 1. The molecule has 1 aromatic carbocycles. The maximum atomic E-state index is 13.0. The van der Waals surface area contributed by atoms with Gasteiger partial charge in [-0.1, -0.05) is 0 Å². The minimum absolute atomic E-state index is 0.109. The fourth-order valence-electron chi connectivity index (χ4n) is 6.10. The van der Waals surface area contributed by atoms with Gasteiger partial charge >= 0.3 is 0 Å². The van der Waals surface area contributed by atoms with Crippen LogP contribution in [0.4, 0.5) is 5.69 Å². The van der Waals surface area contributed by atoms with Gasteiger partial charge in [-0.25, -0.2) is 0 Å². The Morgan fingerprint density at radius 3 is 2.39 bits per heavy atom. The highest BCUT2D eigenvalue weighted by atomic mass is 16.2. The van der Waals surface area contributed by atoms with Gasteiger partial charge in [-0.3, -0.25) is 24.6 Å². The highest BCUT2D eigenvalue weighted by Crippen LogP contribution is 2.36. The van der Waals surface area contributed by atoms with E-state index in [0.717, 1.165) is 63.4 Å². The molecule has 0 spiro atoms. The smallest absolute Gasteiger partial charge is 0.255 e. The van der Waals surface area contributed by atoms with E-state index in [1.807, 2.05) is 12.1 Å². The second-order valence-corrected chi connectivity index (χ2v) is 10.4. The van der Waals surface area contributed by atoms with Gasteiger partial charge in [-0.05, 0) is 62.8 Å². The highest BCUT2D eigenvalue weighted by Gasteiger charge is 2.40. The monoisotopic (exact) mass is 453 g/mol. The number of anilines is 1. The van der Waals surface area contributed by atoms with Crippen LogP contribution in [-0.4, -0.2) is 78.4 Å². The predicted octanol–water partition coefficient (Wildman–Crippen LogP) is 1.35. The molecule has 1 aromatic rings. The molecule has 178 valence electrons. The summed E-state index contributed by atoms with van der Waals surface area (Å²) < 4.78 is 0. The van der Waals surface area contributed by atoms with Gasteiger partial charge in [0.2, 0.25) is 11.8 Å². The lowest BCUT2D eigenvalue weighted by Gasteiger charge is -2.49. The second kappa shape index (κ2) is 8.72. The average molecular weight is 454 g/mol. The summed E-state index contributed by atoms with van der Waals surface area (Å²) >= 11 is 0. The topological polar surface area (TPSA) is 85.0 Å². The number of rotatable bonds is 4. The van der Waals surface area contributed by atoms with Crippen molar-refractivity contribution in [2.24, 2.45) is 5.92 Å². The molecule has 3 fully saturated rings. The number of carbonyl (C=O) groups excluding carboxylic acids is 3. The maximum Gasteiger partial charge on any atom is 0.255 e. The number of piperidine rings is 2. The Labute approximate surface area is 195 Å². The summed E-state index contributed by atoms with van der Waals surface area (Å²) in [5.41, 5.74) is 3.02.